The van der Waals surface area contributed by atoms with Crippen LogP contribution in [0.15, 0.2) is 89.6 Å². The summed E-state index contributed by atoms with van der Waals surface area (Å²) >= 11 is 0. The lowest BCUT2D eigenvalue weighted by molar-refractivity contribution is -0.120. The van der Waals surface area contributed by atoms with E-state index in [9.17, 15) is 4.79 Å². The highest BCUT2D eigenvalue weighted by Crippen LogP contribution is 2.33. The number of rotatable bonds is 8. The van der Waals surface area contributed by atoms with Crippen molar-refractivity contribution in [2.24, 2.45) is 0 Å². The molecule has 0 aliphatic carbocycles. The Kier molecular flexibility index (Phi) is 6.95. The summed E-state index contributed by atoms with van der Waals surface area (Å²) in [5.74, 6) is 0.425. The summed E-state index contributed by atoms with van der Waals surface area (Å²) in [4.78, 5) is 22.4. The van der Waals surface area contributed by atoms with Crippen molar-refractivity contribution in [3.8, 4) is 0 Å². The Morgan fingerprint density at radius 2 is 1.90 bits per heavy atom. The molecular formula is C33H32N4O2. The monoisotopic (exact) mass is 516 g/mol. The molecule has 2 aromatic heterocycles. The Bertz CT molecular complexity index is 1630. The van der Waals surface area contributed by atoms with E-state index in [1.165, 1.54) is 16.7 Å². The molecule has 1 aliphatic rings. The number of oxazole rings is 1. The fraction of sp³-hybridized carbons (Fsp3) is 0.242. The Balaban J connectivity index is 1.23. The Labute approximate surface area is 228 Å². The van der Waals surface area contributed by atoms with Crippen LogP contribution in [0.4, 0.5) is 11.7 Å². The number of benzene rings is 3. The minimum absolute atomic E-state index is 0.155. The number of para-hydroxylation sites is 1. The summed E-state index contributed by atoms with van der Waals surface area (Å²) in [6, 6.07) is 24.8. The van der Waals surface area contributed by atoms with Crippen LogP contribution in [-0.4, -0.2) is 22.3 Å². The molecule has 0 fully saturated rings. The second-order valence-corrected chi connectivity index (χ2v) is 10.2. The van der Waals surface area contributed by atoms with Gasteiger partial charge in [-0.05, 0) is 83.5 Å². The van der Waals surface area contributed by atoms with Crippen molar-refractivity contribution >= 4 is 28.6 Å². The fourth-order valence-corrected chi connectivity index (χ4v) is 5.60. The molecule has 0 saturated carbocycles. The summed E-state index contributed by atoms with van der Waals surface area (Å²) in [6.45, 7) is 5.03. The summed E-state index contributed by atoms with van der Waals surface area (Å²) < 4.78 is 5.99. The molecule has 0 saturated heterocycles. The molecular weight excluding hydrogens is 484 g/mol. The molecule has 1 aliphatic heterocycles. The SMILES string of the molecule is CCC(c1ccncc1)c1ccc2c(c1)C(C(=O)Cc1ccc3nc(Nc4ccccc4C)oc3c1)NCC2. The number of nitrogens with one attached hydrogen (secondary N) is 2. The van der Waals surface area contributed by atoms with Crippen LogP contribution in [0.2, 0.25) is 0 Å². The van der Waals surface area contributed by atoms with Crippen LogP contribution in [-0.2, 0) is 17.6 Å². The largest absolute Gasteiger partial charge is 0.423 e. The molecule has 6 nitrogen and oxygen atoms in total. The van der Waals surface area contributed by atoms with Crippen LogP contribution < -0.4 is 10.6 Å². The number of hydrogen-bond donors (Lipinski definition) is 2. The van der Waals surface area contributed by atoms with Gasteiger partial charge in [0, 0.05) is 37.0 Å². The number of pyridine rings is 1. The molecule has 0 radical (unpaired) electrons. The lowest BCUT2D eigenvalue weighted by Gasteiger charge is -2.28. The predicted octanol–water partition coefficient (Wildman–Crippen LogP) is 6.82. The second kappa shape index (κ2) is 10.8. The number of aromatic nitrogens is 2. The maximum atomic E-state index is 13.6. The molecule has 0 bridgehead atoms. The number of fused-ring (bicyclic) bond motifs is 2. The Morgan fingerprint density at radius 3 is 2.72 bits per heavy atom. The highest BCUT2D eigenvalue weighted by Gasteiger charge is 2.27. The molecule has 3 heterocycles. The van der Waals surface area contributed by atoms with E-state index >= 15 is 0 Å². The zero-order valence-corrected chi connectivity index (χ0v) is 22.3. The number of carbonyl (C=O) groups is 1. The lowest BCUT2D eigenvalue weighted by Crippen LogP contribution is -2.36. The average Bonchev–Trinajstić information content (AvgIpc) is 3.36. The van der Waals surface area contributed by atoms with Gasteiger partial charge in [0.05, 0.1) is 6.04 Å². The van der Waals surface area contributed by atoms with Gasteiger partial charge in [-0.3, -0.25) is 9.78 Å². The summed E-state index contributed by atoms with van der Waals surface area (Å²) in [5, 5.41) is 6.75. The van der Waals surface area contributed by atoms with Crippen LogP contribution >= 0.6 is 0 Å². The number of nitrogens with zero attached hydrogens (tertiary/aromatic N) is 2. The molecule has 6 rings (SSSR count). The van der Waals surface area contributed by atoms with E-state index in [1.54, 1.807) is 0 Å². The van der Waals surface area contributed by atoms with Crippen molar-refractivity contribution in [2.45, 2.75) is 45.1 Å². The van der Waals surface area contributed by atoms with Gasteiger partial charge in [-0.1, -0.05) is 49.4 Å². The van der Waals surface area contributed by atoms with Gasteiger partial charge in [0.1, 0.15) is 5.52 Å². The molecule has 2 N–H and O–H groups in total. The van der Waals surface area contributed by atoms with Gasteiger partial charge >= 0.3 is 0 Å². The number of anilines is 2. The minimum Gasteiger partial charge on any atom is -0.423 e. The van der Waals surface area contributed by atoms with Crippen molar-refractivity contribution < 1.29 is 9.21 Å². The molecule has 6 heteroatoms. The summed E-state index contributed by atoms with van der Waals surface area (Å²) in [5.41, 5.74) is 9.24. The molecule has 0 spiro atoms. The number of Topliss-reactive ketones (excluding diaryl/α,β-unsaturated/α-hetero) is 1. The van der Waals surface area contributed by atoms with E-state index in [4.69, 9.17) is 4.42 Å². The van der Waals surface area contributed by atoms with Gasteiger partial charge in [0.25, 0.3) is 6.01 Å². The number of ketones is 1. The first-order valence-electron chi connectivity index (χ1n) is 13.6. The molecule has 39 heavy (non-hydrogen) atoms. The molecule has 196 valence electrons. The van der Waals surface area contributed by atoms with E-state index in [-0.39, 0.29) is 17.7 Å². The minimum atomic E-state index is -0.327. The van der Waals surface area contributed by atoms with Gasteiger partial charge in [-0.2, -0.15) is 4.98 Å². The molecule has 0 amide bonds. The maximum Gasteiger partial charge on any atom is 0.300 e. The van der Waals surface area contributed by atoms with Crippen molar-refractivity contribution in [1.82, 2.24) is 15.3 Å². The fourth-order valence-electron chi connectivity index (χ4n) is 5.60. The predicted molar refractivity (Wildman–Crippen MR) is 154 cm³/mol. The topological polar surface area (TPSA) is 80.1 Å². The highest BCUT2D eigenvalue weighted by molar-refractivity contribution is 5.89. The van der Waals surface area contributed by atoms with Crippen molar-refractivity contribution in [1.29, 1.82) is 0 Å². The van der Waals surface area contributed by atoms with Gasteiger partial charge in [0.2, 0.25) is 0 Å². The summed E-state index contributed by atoms with van der Waals surface area (Å²) in [6.07, 6.45) is 5.91. The molecule has 2 unspecified atom stereocenters. The van der Waals surface area contributed by atoms with E-state index in [2.05, 4.69) is 57.9 Å². The number of hydrogen-bond acceptors (Lipinski definition) is 6. The molecule has 3 aromatic carbocycles. The normalized spacial score (nSPS) is 15.6. The van der Waals surface area contributed by atoms with Crippen LogP contribution in [0.25, 0.3) is 11.1 Å². The van der Waals surface area contributed by atoms with Gasteiger partial charge in [-0.15, -0.1) is 0 Å². The smallest absolute Gasteiger partial charge is 0.300 e. The van der Waals surface area contributed by atoms with Crippen molar-refractivity contribution in [2.75, 3.05) is 11.9 Å². The van der Waals surface area contributed by atoms with Crippen LogP contribution in [0.3, 0.4) is 0 Å². The van der Waals surface area contributed by atoms with E-state index in [1.807, 2.05) is 61.8 Å². The van der Waals surface area contributed by atoms with E-state index in [0.29, 0.717) is 18.0 Å². The lowest BCUT2D eigenvalue weighted by atomic mass is 9.83. The zero-order chi connectivity index (χ0) is 26.8. The number of aryl methyl sites for hydroxylation is 1. The highest BCUT2D eigenvalue weighted by atomic mass is 16.4. The van der Waals surface area contributed by atoms with E-state index in [0.717, 1.165) is 47.3 Å². The van der Waals surface area contributed by atoms with Gasteiger partial charge in [0.15, 0.2) is 11.4 Å². The van der Waals surface area contributed by atoms with Crippen molar-refractivity contribution in [3.05, 3.63) is 119 Å². The quantitative estimate of drug-likeness (QED) is 0.236. The van der Waals surface area contributed by atoms with Crippen LogP contribution in [0.5, 0.6) is 0 Å². The van der Waals surface area contributed by atoms with Crippen LogP contribution in [0, 0.1) is 6.92 Å². The first-order valence-corrected chi connectivity index (χ1v) is 13.6. The third-order valence-corrected chi connectivity index (χ3v) is 7.68. The summed E-state index contributed by atoms with van der Waals surface area (Å²) in [7, 11) is 0. The standard InChI is InChI=1S/C33H32N4O2/c1-3-26(24-12-15-34-16-13-24)25-10-9-23-14-17-35-32(27(23)20-25)30(38)18-22-8-11-29-31(19-22)39-33(37-29)36-28-7-5-4-6-21(28)2/h4-13,15-16,19-20,26,32,35H,3,14,17-18H2,1-2H3,(H,36,37). The molecule has 2 atom stereocenters. The van der Waals surface area contributed by atoms with Crippen LogP contribution in [0.1, 0.15) is 58.7 Å². The average molecular weight is 517 g/mol. The first kappa shape index (κ1) is 25.0. The second-order valence-electron chi connectivity index (χ2n) is 10.2. The number of carbonyl (C=O) groups excluding carboxylic acids is 1. The third kappa shape index (κ3) is 5.20. The Morgan fingerprint density at radius 1 is 1.05 bits per heavy atom. The first-order chi connectivity index (χ1) is 19.1. The zero-order valence-electron chi connectivity index (χ0n) is 22.3. The Hall–Kier alpha value is -4.29. The van der Waals surface area contributed by atoms with E-state index < -0.39 is 0 Å². The molecule has 5 aromatic rings. The maximum absolute atomic E-state index is 13.6. The van der Waals surface area contributed by atoms with Gasteiger partial charge in [-0.25, -0.2) is 0 Å². The van der Waals surface area contributed by atoms with Gasteiger partial charge < -0.3 is 15.1 Å². The van der Waals surface area contributed by atoms with Crippen molar-refractivity contribution in [3.63, 3.8) is 0 Å². The third-order valence-electron chi connectivity index (χ3n) is 7.68.